The molecule has 0 radical (unpaired) electrons. The summed E-state index contributed by atoms with van der Waals surface area (Å²) >= 11 is 13.6. The molecule has 3 rings (SSSR count). The van der Waals surface area contributed by atoms with E-state index in [0.29, 0.717) is 0 Å². The summed E-state index contributed by atoms with van der Waals surface area (Å²) in [7, 11) is 0. The molecule has 0 bridgehead atoms. The molecule has 0 spiro atoms. The van der Waals surface area contributed by atoms with Crippen molar-refractivity contribution >= 4 is 45.9 Å². The minimum absolute atomic E-state index is 0.750. The molecule has 0 aliphatic heterocycles. The summed E-state index contributed by atoms with van der Waals surface area (Å²) in [6.07, 6.45) is 2.00. The van der Waals surface area contributed by atoms with Gasteiger partial charge in [-0.3, -0.25) is 0 Å². The maximum absolute atomic E-state index is 6.03. The lowest BCUT2D eigenvalue weighted by molar-refractivity contribution is 1.39. The van der Waals surface area contributed by atoms with Crippen LogP contribution in [0, 0.1) is 0 Å². The Morgan fingerprint density at radius 2 is 1.61 bits per heavy atom. The molecule has 0 aliphatic carbocycles. The van der Waals surface area contributed by atoms with Gasteiger partial charge in [0.15, 0.2) is 0 Å². The van der Waals surface area contributed by atoms with Crippen LogP contribution < -0.4 is 0 Å². The van der Waals surface area contributed by atoms with Crippen molar-refractivity contribution in [1.29, 1.82) is 0 Å². The van der Waals surface area contributed by atoms with Crippen molar-refractivity contribution in [3.63, 3.8) is 0 Å². The van der Waals surface area contributed by atoms with E-state index in [0.717, 1.165) is 30.7 Å². The lowest BCUT2D eigenvalue weighted by Crippen LogP contribution is -1.72. The number of H-pyrrole nitrogens is 1. The Labute approximate surface area is 119 Å². The largest absolute Gasteiger partial charge is 0.360 e. The monoisotopic (exact) mass is 293 g/mol. The van der Waals surface area contributed by atoms with Crippen LogP contribution in [-0.2, 0) is 0 Å². The fourth-order valence-corrected chi connectivity index (χ4v) is 3.00. The van der Waals surface area contributed by atoms with E-state index >= 15 is 0 Å². The third-order valence-electron chi connectivity index (χ3n) is 2.65. The summed E-state index contributed by atoms with van der Waals surface area (Å²) in [5.41, 5.74) is 1.09. The van der Waals surface area contributed by atoms with E-state index in [4.69, 9.17) is 23.2 Å². The van der Waals surface area contributed by atoms with Crippen LogP contribution in [0.5, 0.6) is 0 Å². The van der Waals surface area contributed by atoms with Crippen LogP contribution in [0.25, 0.3) is 10.9 Å². The zero-order chi connectivity index (χ0) is 12.5. The van der Waals surface area contributed by atoms with Crippen LogP contribution in [0.3, 0.4) is 0 Å². The molecule has 1 nitrogen and oxygen atoms in total. The highest BCUT2D eigenvalue weighted by Gasteiger charge is 2.06. The van der Waals surface area contributed by atoms with E-state index in [9.17, 15) is 0 Å². The first-order valence-corrected chi connectivity index (χ1v) is 7.00. The van der Waals surface area contributed by atoms with Crippen LogP contribution >= 0.6 is 35.0 Å². The summed E-state index contributed by atoms with van der Waals surface area (Å²) in [5, 5.41) is 2.64. The Kier molecular flexibility index (Phi) is 3.25. The number of rotatable bonds is 2. The zero-order valence-corrected chi connectivity index (χ0v) is 11.6. The van der Waals surface area contributed by atoms with Gasteiger partial charge in [0.25, 0.3) is 0 Å². The van der Waals surface area contributed by atoms with Crippen molar-refractivity contribution < 1.29 is 0 Å². The van der Waals surface area contributed by atoms with Crippen LogP contribution in [0.1, 0.15) is 0 Å². The smallest absolute Gasteiger partial charge is 0.0466 e. The Morgan fingerprint density at radius 1 is 0.889 bits per heavy atom. The molecule has 0 atom stereocenters. The fourth-order valence-electron chi connectivity index (χ4n) is 1.78. The molecule has 2 aromatic carbocycles. The van der Waals surface area contributed by atoms with Crippen molar-refractivity contribution in [2.75, 3.05) is 0 Å². The van der Waals surface area contributed by atoms with Gasteiger partial charge in [-0.05, 0) is 42.5 Å². The first-order chi connectivity index (χ1) is 8.72. The predicted molar refractivity (Wildman–Crippen MR) is 78.9 cm³/mol. The molecule has 18 heavy (non-hydrogen) atoms. The number of hydrogen-bond donors (Lipinski definition) is 1. The van der Waals surface area contributed by atoms with Crippen molar-refractivity contribution in [2.24, 2.45) is 0 Å². The average molecular weight is 294 g/mol. The molecular weight excluding hydrogens is 285 g/mol. The number of halogens is 2. The number of benzene rings is 2. The van der Waals surface area contributed by atoms with E-state index in [1.807, 2.05) is 48.7 Å². The van der Waals surface area contributed by atoms with Gasteiger partial charge in [-0.2, -0.15) is 0 Å². The van der Waals surface area contributed by atoms with Gasteiger partial charge in [0, 0.05) is 36.9 Å². The predicted octanol–water partition coefficient (Wildman–Crippen LogP) is 5.63. The molecule has 1 N–H and O–H groups in total. The topological polar surface area (TPSA) is 15.8 Å². The second-order valence-electron chi connectivity index (χ2n) is 3.90. The van der Waals surface area contributed by atoms with Gasteiger partial charge in [0.2, 0.25) is 0 Å². The number of aromatic nitrogens is 1. The van der Waals surface area contributed by atoms with Crippen molar-refractivity contribution in [3.8, 4) is 0 Å². The molecule has 0 amide bonds. The first kappa shape index (κ1) is 12.0. The highest BCUT2D eigenvalue weighted by Crippen LogP contribution is 2.35. The summed E-state index contributed by atoms with van der Waals surface area (Å²) < 4.78 is 0. The average Bonchev–Trinajstić information content (AvgIpc) is 2.75. The summed E-state index contributed by atoms with van der Waals surface area (Å²) in [4.78, 5) is 5.56. The molecule has 0 aliphatic rings. The third-order valence-corrected chi connectivity index (χ3v) is 4.20. The molecule has 1 aromatic heterocycles. The van der Waals surface area contributed by atoms with Gasteiger partial charge >= 0.3 is 0 Å². The van der Waals surface area contributed by atoms with Gasteiger partial charge in [-0.1, -0.05) is 35.0 Å². The summed E-state index contributed by atoms with van der Waals surface area (Å²) in [5.74, 6) is 0. The standard InChI is InChI=1S/C14H9Cl2NS/c15-9-1-4-11(5-2-9)18-14-8-17-13-6-3-10(16)7-12(13)14/h1-8,17H. The van der Waals surface area contributed by atoms with Crippen molar-refractivity contribution in [3.05, 3.63) is 58.7 Å². The van der Waals surface area contributed by atoms with E-state index < -0.39 is 0 Å². The number of nitrogens with one attached hydrogen (secondary N) is 1. The quantitative estimate of drug-likeness (QED) is 0.648. The maximum Gasteiger partial charge on any atom is 0.0466 e. The van der Waals surface area contributed by atoms with E-state index in [1.54, 1.807) is 11.8 Å². The van der Waals surface area contributed by atoms with Crippen LogP contribution in [0.15, 0.2) is 58.5 Å². The Hall–Kier alpha value is -1.09. The molecule has 90 valence electrons. The molecule has 1 heterocycles. The SMILES string of the molecule is Clc1ccc(Sc2c[nH]c3ccc(Cl)cc23)cc1. The second-order valence-corrected chi connectivity index (χ2v) is 5.89. The van der Waals surface area contributed by atoms with E-state index in [2.05, 4.69) is 4.98 Å². The second kappa shape index (κ2) is 4.88. The number of fused-ring (bicyclic) bond motifs is 1. The van der Waals surface area contributed by atoms with Gasteiger partial charge in [0.1, 0.15) is 0 Å². The van der Waals surface area contributed by atoms with Gasteiger partial charge in [0.05, 0.1) is 0 Å². The molecule has 0 fully saturated rings. The van der Waals surface area contributed by atoms with Crippen LogP contribution in [0.4, 0.5) is 0 Å². The lowest BCUT2D eigenvalue weighted by atomic mass is 10.2. The highest BCUT2D eigenvalue weighted by atomic mass is 35.5. The molecule has 3 aromatic rings. The normalized spacial score (nSPS) is 11.0. The zero-order valence-electron chi connectivity index (χ0n) is 9.28. The molecular formula is C14H9Cl2NS. The minimum Gasteiger partial charge on any atom is -0.360 e. The molecule has 4 heteroatoms. The van der Waals surface area contributed by atoms with Gasteiger partial charge < -0.3 is 4.98 Å². The first-order valence-electron chi connectivity index (χ1n) is 5.42. The summed E-state index contributed by atoms with van der Waals surface area (Å²) in [6, 6.07) is 13.7. The lowest BCUT2D eigenvalue weighted by Gasteiger charge is -2.00. The molecule has 0 saturated carbocycles. The number of hydrogen-bond acceptors (Lipinski definition) is 1. The Morgan fingerprint density at radius 3 is 2.39 bits per heavy atom. The van der Waals surface area contributed by atoms with Crippen molar-refractivity contribution in [2.45, 2.75) is 9.79 Å². The van der Waals surface area contributed by atoms with E-state index in [-0.39, 0.29) is 0 Å². The fraction of sp³-hybridized carbons (Fsp3) is 0. The minimum atomic E-state index is 0.750. The van der Waals surface area contributed by atoms with Crippen LogP contribution in [-0.4, -0.2) is 4.98 Å². The van der Waals surface area contributed by atoms with E-state index in [1.165, 1.54) is 0 Å². The number of aromatic amines is 1. The van der Waals surface area contributed by atoms with Gasteiger partial charge in [-0.15, -0.1) is 0 Å². The molecule has 0 unspecified atom stereocenters. The maximum atomic E-state index is 6.03. The van der Waals surface area contributed by atoms with Crippen LogP contribution in [0.2, 0.25) is 10.0 Å². The van der Waals surface area contributed by atoms with Crippen molar-refractivity contribution in [1.82, 2.24) is 4.98 Å². The Balaban J connectivity index is 1.99. The van der Waals surface area contributed by atoms with Gasteiger partial charge in [-0.25, -0.2) is 0 Å². The summed E-state index contributed by atoms with van der Waals surface area (Å²) in [6.45, 7) is 0. The Bertz CT molecular complexity index is 689. The molecule has 0 saturated heterocycles. The highest BCUT2D eigenvalue weighted by molar-refractivity contribution is 7.99. The third kappa shape index (κ3) is 2.37.